The molecule has 21 heteroatoms. The van der Waals surface area contributed by atoms with Crippen LogP contribution >= 0.6 is 0 Å². The highest BCUT2D eigenvalue weighted by molar-refractivity contribution is 7.84. The highest BCUT2D eigenvalue weighted by Gasteiger charge is 2.76. The number of carbonyl (C=O) groups excluding carboxylic acids is 1. The first kappa shape index (κ1) is 23.1. The number of hydrogen-bond acceptors (Lipinski definition) is 14. The Morgan fingerprint density at radius 2 is 1.97 bits per heavy atom. The predicted molar refractivity (Wildman–Crippen MR) is 92.7 cm³/mol. The fourth-order valence-electron chi connectivity index (χ4n) is 3.70. The van der Waals surface area contributed by atoms with E-state index < -0.39 is 81.5 Å². The van der Waals surface area contributed by atoms with Crippen LogP contribution in [0.25, 0.3) is 0 Å². The number of hydroxylamine groups is 2. The van der Waals surface area contributed by atoms with Crippen LogP contribution in [0, 0.1) is 5.41 Å². The molecule has 19 nitrogen and oxygen atoms in total. The van der Waals surface area contributed by atoms with Crippen molar-refractivity contribution >= 4 is 38.7 Å². The van der Waals surface area contributed by atoms with Crippen LogP contribution in [-0.4, -0.2) is 112 Å². The number of guanidine groups is 2. The minimum atomic E-state index is -5.20. The van der Waals surface area contributed by atoms with E-state index in [0.29, 0.717) is 0 Å². The molecule has 0 bridgehead atoms. The molecule has 0 saturated carbocycles. The second-order valence-corrected chi connectivity index (χ2v) is 8.81. The van der Waals surface area contributed by atoms with Gasteiger partial charge < -0.3 is 30.9 Å². The summed E-state index contributed by atoms with van der Waals surface area (Å²) in [5.41, 5.74) is 3.27. The number of nitrogens with two attached hydrogens (primary N) is 1. The van der Waals surface area contributed by atoms with Gasteiger partial charge in [-0.1, -0.05) is 0 Å². The highest BCUT2D eigenvalue weighted by atomic mass is 32.3. The summed E-state index contributed by atoms with van der Waals surface area (Å²) < 4.78 is 71.0. The van der Waals surface area contributed by atoms with Gasteiger partial charge >= 0.3 is 26.8 Å². The molecule has 0 radical (unpaired) electrons. The lowest BCUT2D eigenvalue weighted by Gasteiger charge is -2.52. The molecular weight excluding hydrogens is 474 g/mol. The third kappa shape index (κ3) is 3.80. The molecule has 176 valence electrons. The van der Waals surface area contributed by atoms with E-state index >= 15 is 0 Å². The lowest BCUT2D eigenvalue weighted by atomic mass is 9.85. The maximum atomic E-state index is 11.5. The fourth-order valence-corrected chi connectivity index (χ4v) is 4.46. The molecule has 31 heavy (non-hydrogen) atoms. The van der Waals surface area contributed by atoms with E-state index in [-0.39, 0.29) is 5.06 Å². The Hall–Kier alpha value is -2.53. The van der Waals surface area contributed by atoms with Crippen LogP contribution in [0.5, 0.6) is 0 Å². The third-order valence-electron chi connectivity index (χ3n) is 4.80. The van der Waals surface area contributed by atoms with Gasteiger partial charge in [-0.2, -0.15) is 21.6 Å². The van der Waals surface area contributed by atoms with Gasteiger partial charge in [-0.05, 0) is 0 Å². The molecule has 2 saturated heterocycles. The summed E-state index contributed by atoms with van der Waals surface area (Å²) >= 11 is 0. The zero-order chi connectivity index (χ0) is 23.6. The Kier molecular flexibility index (Phi) is 5.22. The average Bonchev–Trinajstić information content (AvgIpc) is 3.02. The van der Waals surface area contributed by atoms with Crippen LogP contribution in [0.4, 0.5) is 4.79 Å². The first-order valence-corrected chi connectivity index (χ1v) is 10.8. The fraction of sp³-hybridized carbons (Fsp3) is 0.700. The average molecular weight is 491 g/mol. The van der Waals surface area contributed by atoms with Gasteiger partial charge in [0.25, 0.3) is 0 Å². The lowest BCUT2D eigenvalue weighted by Crippen LogP contribution is -2.80. The first-order chi connectivity index (χ1) is 14.0. The molecule has 0 aromatic rings. The number of rotatable bonds is 5. The highest BCUT2D eigenvalue weighted by Crippen LogP contribution is 2.47. The number of nitrogens with one attached hydrogen (secondary N) is 3. The van der Waals surface area contributed by atoms with Crippen molar-refractivity contribution in [3.05, 3.63) is 0 Å². The monoisotopic (exact) mass is 491 g/mol. The van der Waals surface area contributed by atoms with Crippen LogP contribution in [0.3, 0.4) is 0 Å². The van der Waals surface area contributed by atoms with E-state index in [9.17, 15) is 37.1 Å². The van der Waals surface area contributed by atoms with Crippen LogP contribution < -0.4 is 15.8 Å². The number of aliphatic hydroxyl groups is 2. The number of hydrogen-bond donors (Lipinski definition) is 9. The minimum absolute atomic E-state index is 0.166. The Labute approximate surface area is 173 Å². The van der Waals surface area contributed by atoms with Gasteiger partial charge in [0.15, 0.2) is 17.7 Å². The summed E-state index contributed by atoms with van der Waals surface area (Å²) in [6, 6.07) is -3.19. The minimum Gasteiger partial charge on any atom is -0.446 e. The van der Waals surface area contributed by atoms with Crippen molar-refractivity contribution in [2.45, 2.75) is 29.6 Å². The summed E-state index contributed by atoms with van der Waals surface area (Å²) in [5.74, 6) is -4.56. The zero-order valence-electron chi connectivity index (χ0n) is 15.0. The smallest absolute Gasteiger partial charge is 0.422 e. The van der Waals surface area contributed by atoms with Crippen molar-refractivity contribution in [3.8, 4) is 0 Å². The Morgan fingerprint density at radius 1 is 1.35 bits per heavy atom. The molecule has 1 spiro atoms. The van der Waals surface area contributed by atoms with E-state index in [1.54, 1.807) is 0 Å². The van der Waals surface area contributed by atoms with Gasteiger partial charge in [-0.3, -0.25) is 19.7 Å². The number of ether oxygens (including phenoxy) is 1. The van der Waals surface area contributed by atoms with E-state index in [1.807, 2.05) is 0 Å². The molecule has 4 atom stereocenters. The molecule has 3 rings (SSSR count). The molecule has 0 aromatic carbocycles. The van der Waals surface area contributed by atoms with Crippen molar-refractivity contribution in [1.82, 2.24) is 20.0 Å². The zero-order valence-corrected chi connectivity index (χ0v) is 16.6. The van der Waals surface area contributed by atoms with Crippen molar-refractivity contribution in [2.24, 2.45) is 10.7 Å². The number of carbonyl (C=O) groups is 1. The summed E-state index contributed by atoms with van der Waals surface area (Å²) in [6.07, 6.45) is -3.78. The third-order valence-corrected chi connectivity index (χ3v) is 5.70. The number of nitrogens with zero attached hydrogens (tertiary/aromatic N) is 3. The summed E-state index contributed by atoms with van der Waals surface area (Å²) in [6.45, 7) is -1.70. The van der Waals surface area contributed by atoms with E-state index in [1.165, 1.54) is 0 Å². The largest absolute Gasteiger partial charge is 0.446 e. The van der Waals surface area contributed by atoms with E-state index in [0.717, 1.165) is 9.62 Å². The van der Waals surface area contributed by atoms with Crippen molar-refractivity contribution < 1.29 is 55.1 Å². The molecule has 2 fully saturated rings. The predicted octanol–water partition coefficient (Wildman–Crippen LogP) is -5.31. The number of aliphatic imine (C=N–C) groups is 1. The van der Waals surface area contributed by atoms with Crippen molar-refractivity contribution in [1.29, 1.82) is 5.41 Å². The van der Waals surface area contributed by atoms with Crippen LogP contribution in [0.1, 0.15) is 0 Å². The Morgan fingerprint density at radius 3 is 2.52 bits per heavy atom. The lowest BCUT2D eigenvalue weighted by molar-refractivity contribution is -0.265. The normalized spacial score (nSPS) is 32.1. The second kappa shape index (κ2) is 6.99. The van der Waals surface area contributed by atoms with Crippen molar-refractivity contribution in [2.75, 3.05) is 13.2 Å². The van der Waals surface area contributed by atoms with Gasteiger partial charge in [-0.15, -0.1) is 0 Å². The molecule has 3 aliphatic rings. The van der Waals surface area contributed by atoms with Crippen LogP contribution in [-0.2, 0) is 29.6 Å². The molecule has 0 aliphatic carbocycles. The van der Waals surface area contributed by atoms with Gasteiger partial charge in [0.05, 0.1) is 6.54 Å². The van der Waals surface area contributed by atoms with Crippen LogP contribution in [0.2, 0.25) is 0 Å². The van der Waals surface area contributed by atoms with Gasteiger partial charge in [0, 0.05) is 0 Å². The molecule has 10 N–H and O–H groups in total. The van der Waals surface area contributed by atoms with Crippen LogP contribution in [0.15, 0.2) is 4.99 Å². The Bertz CT molecular complexity index is 1040. The maximum Gasteiger partial charge on any atom is 0.422 e. The second-order valence-electron chi connectivity index (χ2n) is 6.61. The number of amides is 1. The molecule has 3 aliphatic heterocycles. The standard InChI is InChI=1S/C10H17N7O12S2/c11-6-13-5-3(2-28-8(18)15-30(22,23)24)17(21)7(12)16-1-4(29-31(25,26)27)10(19,20)9(5,16)14-6/h3-5,12,19-21H,1-2H2,(H,15,18)(H3,11,13,14)(H,22,23,24)(H,25,26,27)/t3-,4+,5-,9?/m0/s1. The first-order valence-electron chi connectivity index (χ1n) is 7.98. The topological polar surface area (TPSA) is 298 Å². The summed E-state index contributed by atoms with van der Waals surface area (Å²) in [4.78, 5) is 16.1. The Balaban J connectivity index is 1.96. The quantitative estimate of drug-likeness (QED) is 0.128. The van der Waals surface area contributed by atoms with Gasteiger partial charge in [0.1, 0.15) is 18.7 Å². The van der Waals surface area contributed by atoms with Gasteiger partial charge in [0.2, 0.25) is 11.7 Å². The molecular formula is C10H17N7O12S2. The molecule has 0 aromatic heterocycles. The molecule has 3 heterocycles. The van der Waals surface area contributed by atoms with Gasteiger partial charge in [-0.25, -0.2) is 19.0 Å². The van der Waals surface area contributed by atoms with E-state index in [4.69, 9.17) is 20.2 Å². The molecule has 1 unspecified atom stereocenters. The van der Waals surface area contributed by atoms with Crippen molar-refractivity contribution in [3.63, 3.8) is 0 Å². The molecule has 1 amide bonds. The summed E-state index contributed by atoms with van der Waals surface area (Å²) in [5, 5.41) is 42.4. The summed E-state index contributed by atoms with van der Waals surface area (Å²) in [7, 11) is -10.2. The maximum absolute atomic E-state index is 11.5. The van der Waals surface area contributed by atoms with E-state index in [2.05, 4.69) is 19.2 Å². The SMILES string of the molecule is N=C1N(O)[C@@H](COC(=O)NS(=O)(=O)O)[C@@H]2N=C(N)NC23N1C[C@@H](OS(=O)(=O)O)C3(O)O.